The van der Waals surface area contributed by atoms with Gasteiger partial charge in [-0.05, 0) is 36.8 Å². The Bertz CT molecular complexity index is 886. The van der Waals surface area contributed by atoms with Gasteiger partial charge in [0.15, 0.2) is 0 Å². The predicted molar refractivity (Wildman–Crippen MR) is 98.4 cm³/mol. The van der Waals surface area contributed by atoms with Crippen LogP contribution >= 0.6 is 11.6 Å². The number of rotatable bonds is 6. The quantitative estimate of drug-likeness (QED) is 0.612. The number of nitrogens with one attached hydrogen (secondary N) is 1. The second-order valence-corrected chi connectivity index (χ2v) is 7.56. The number of hydrogen-bond donors (Lipinski definition) is 1. The highest BCUT2D eigenvalue weighted by Gasteiger charge is 2.21. The number of amides is 1. The van der Waals surface area contributed by atoms with Crippen molar-refractivity contribution >= 4 is 39.4 Å². The van der Waals surface area contributed by atoms with Gasteiger partial charge in [0.25, 0.3) is 5.91 Å². The lowest BCUT2D eigenvalue weighted by Crippen LogP contribution is -2.39. The molecule has 0 spiro atoms. The van der Waals surface area contributed by atoms with Gasteiger partial charge < -0.3 is 0 Å². The van der Waals surface area contributed by atoms with Crippen molar-refractivity contribution in [3.05, 3.63) is 58.9 Å². The smallest absolute Gasteiger partial charge is 0.260 e. The first-order valence-corrected chi connectivity index (χ1v) is 9.47. The summed E-state index contributed by atoms with van der Waals surface area (Å²) in [4.78, 5) is 16.1. The van der Waals surface area contributed by atoms with Gasteiger partial charge in [-0.2, -0.15) is 5.10 Å². The largest absolute Gasteiger partial charge is 0.271 e. The molecule has 132 valence electrons. The maximum Gasteiger partial charge on any atom is 0.260 e. The number of hydrazone groups is 1. The molecule has 25 heavy (non-hydrogen) atoms. The van der Waals surface area contributed by atoms with Crippen molar-refractivity contribution in [1.29, 1.82) is 0 Å². The number of nitrogens with zero attached hydrogens (tertiary/aromatic N) is 3. The summed E-state index contributed by atoms with van der Waals surface area (Å²) in [5.74, 6) is -0.589. The molecule has 0 saturated heterocycles. The third-order valence-corrected chi connectivity index (χ3v) is 4.75. The monoisotopic (exact) mass is 380 g/mol. The van der Waals surface area contributed by atoms with Gasteiger partial charge in [-0.1, -0.05) is 23.7 Å². The van der Waals surface area contributed by atoms with Gasteiger partial charge in [0.2, 0.25) is 10.0 Å². The summed E-state index contributed by atoms with van der Waals surface area (Å²) in [5.41, 5.74) is 3.96. The lowest BCUT2D eigenvalue weighted by Gasteiger charge is -2.21. The molecule has 1 aromatic carbocycles. The molecule has 2 aromatic rings. The van der Waals surface area contributed by atoms with Crippen LogP contribution in [-0.4, -0.2) is 38.3 Å². The van der Waals surface area contributed by atoms with Gasteiger partial charge in [-0.25, -0.2) is 13.8 Å². The molecule has 2 rings (SSSR count). The van der Waals surface area contributed by atoms with Crippen molar-refractivity contribution in [2.75, 3.05) is 17.1 Å². The average Bonchev–Trinajstić information content (AvgIpc) is 2.55. The van der Waals surface area contributed by atoms with Crippen LogP contribution in [0.5, 0.6) is 0 Å². The molecule has 0 atom stereocenters. The van der Waals surface area contributed by atoms with E-state index in [0.717, 1.165) is 16.1 Å². The number of benzene rings is 1. The number of aromatic nitrogens is 1. The average molecular weight is 381 g/mol. The van der Waals surface area contributed by atoms with Gasteiger partial charge in [-0.15, -0.1) is 0 Å². The summed E-state index contributed by atoms with van der Waals surface area (Å²) in [6, 6.07) is 10.0. The van der Waals surface area contributed by atoms with Crippen molar-refractivity contribution in [3.63, 3.8) is 0 Å². The number of hydrogen-bond acceptors (Lipinski definition) is 5. The van der Waals surface area contributed by atoms with Crippen molar-refractivity contribution in [2.24, 2.45) is 5.10 Å². The molecule has 1 heterocycles. The fourth-order valence-electron chi connectivity index (χ4n) is 1.93. The van der Waals surface area contributed by atoms with Crippen LogP contribution in [0.4, 0.5) is 5.69 Å². The minimum absolute atomic E-state index is 0.307. The fraction of sp³-hybridized carbons (Fsp3) is 0.188. The number of aryl methyl sites for hydroxylation is 1. The van der Waals surface area contributed by atoms with Gasteiger partial charge in [0, 0.05) is 11.2 Å². The molecule has 1 amide bonds. The number of anilines is 1. The Kier molecular flexibility index (Phi) is 6.11. The number of pyridine rings is 1. The van der Waals surface area contributed by atoms with E-state index in [1.54, 1.807) is 43.5 Å². The number of halogens is 1. The van der Waals surface area contributed by atoms with Crippen LogP contribution < -0.4 is 9.73 Å². The number of carbonyl (C=O) groups is 1. The third-order valence-electron chi connectivity index (χ3n) is 3.20. The first kappa shape index (κ1) is 18.9. The molecule has 0 fully saturated rings. The van der Waals surface area contributed by atoms with Gasteiger partial charge in [0.1, 0.15) is 6.54 Å². The van der Waals surface area contributed by atoms with Crippen molar-refractivity contribution in [2.45, 2.75) is 6.92 Å². The first-order chi connectivity index (χ1) is 11.8. The van der Waals surface area contributed by atoms with E-state index in [1.165, 1.54) is 12.3 Å². The Hall–Kier alpha value is -2.45. The fourth-order valence-corrected chi connectivity index (χ4v) is 2.95. The first-order valence-electron chi connectivity index (χ1n) is 7.24. The zero-order valence-electron chi connectivity index (χ0n) is 13.7. The van der Waals surface area contributed by atoms with Crippen LogP contribution in [-0.2, 0) is 14.8 Å². The Balaban J connectivity index is 2.10. The van der Waals surface area contributed by atoms with E-state index in [9.17, 15) is 13.2 Å². The Labute approximate surface area is 151 Å². The van der Waals surface area contributed by atoms with E-state index >= 15 is 0 Å². The second-order valence-electron chi connectivity index (χ2n) is 5.25. The molecule has 0 radical (unpaired) electrons. The molecule has 0 aliphatic rings. The van der Waals surface area contributed by atoms with Crippen LogP contribution in [0.15, 0.2) is 47.7 Å². The van der Waals surface area contributed by atoms with E-state index in [1.807, 2.05) is 0 Å². The minimum atomic E-state index is -3.67. The van der Waals surface area contributed by atoms with Crippen LogP contribution in [0, 0.1) is 6.92 Å². The van der Waals surface area contributed by atoms with Crippen LogP contribution in [0.1, 0.15) is 11.3 Å². The Morgan fingerprint density at radius 2 is 2.12 bits per heavy atom. The summed E-state index contributed by atoms with van der Waals surface area (Å²) in [6.07, 6.45) is 3.98. The highest BCUT2D eigenvalue weighted by atomic mass is 35.5. The summed E-state index contributed by atoms with van der Waals surface area (Å²) >= 11 is 6.04. The van der Waals surface area contributed by atoms with Gasteiger partial charge in [0.05, 0.1) is 23.9 Å². The van der Waals surface area contributed by atoms with E-state index in [2.05, 4.69) is 15.5 Å². The Morgan fingerprint density at radius 3 is 2.72 bits per heavy atom. The molecular formula is C16H17ClN4O3S. The van der Waals surface area contributed by atoms with E-state index in [-0.39, 0.29) is 0 Å². The van der Waals surface area contributed by atoms with Crippen LogP contribution in [0.25, 0.3) is 0 Å². The molecule has 0 saturated carbocycles. The van der Waals surface area contributed by atoms with Crippen molar-refractivity contribution < 1.29 is 13.2 Å². The third kappa shape index (κ3) is 5.54. The standard InChI is InChI=1S/C16H17ClN4O3S/c1-12-6-7-14(9-15(12)17)21(25(2,23)24)11-16(22)20-19-10-13-5-3-4-8-18-13/h3-10H,11H2,1-2H3,(H,20,22)/b19-10-. The summed E-state index contributed by atoms with van der Waals surface area (Å²) in [6.45, 7) is 1.38. The lowest BCUT2D eigenvalue weighted by atomic mass is 10.2. The second kappa shape index (κ2) is 8.09. The maximum absolute atomic E-state index is 12.0. The zero-order chi connectivity index (χ0) is 18.4. The summed E-state index contributed by atoms with van der Waals surface area (Å²) < 4.78 is 25.0. The van der Waals surface area contributed by atoms with E-state index < -0.39 is 22.5 Å². The normalized spacial score (nSPS) is 11.5. The van der Waals surface area contributed by atoms with Gasteiger partial charge >= 0.3 is 0 Å². The maximum atomic E-state index is 12.0. The number of carbonyl (C=O) groups excluding carboxylic acids is 1. The molecule has 1 N–H and O–H groups in total. The van der Waals surface area contributed by atoms with Crippen LogP contribution in [0.3, 0.4) is 0 Å². The Morgan fingerprint density at radius 1 is 1.36 bits per heavy atom. The lowest BCUT2D eigenvalue weighted by molar-refractivity contribution is -0.119. The predicted octanol–water partition coefficient (Wildman–Crippen LogP) is 1.96. The van der Waals surface area contributed by atoms with E-state index in [4.69, 9.17) is 11.6 Å². The van der Waals surface area contributed by atoms with Crippen molar-refractivity contribution in [3.8, 4) is 0 Å². The molecule has 7 nitrogen and oxygen atoms in total. The van der Waals surface area contributed by atoms with Crippen LogP contribution in [0.2, 0.25) is 5.02 Å². The molecule has 1 aromatic heterocycles. The SMILES string of the molecule is Cc1ccc(N(CC(=O)N/N=C\c2ccccn2)S(C)(=O)=O)cc1Cl. The highest BCUT2D eigenvalue weighted by Crippen LogP contribution is 2.24. The minimum Gasteiger partial charge on any atom is -0.271 e. The van der Waals surface area contributed by atoms with Gasteiger partial charge in [-0.3, -0.25) is 14.1 Å². The molecular weight excluding hydrogens is 364 g/mol. The molecule has 0 aliphatic heterocycles. The van der Waals surface area contributed by atoms with Crippen molar-refractivity contribution in [1.82, 2.24) is 10.4 Å². The van der Waals surface area contributed by atoms with E-state index in [0.29, 0.717) is 16.4 Å². The molecule has 9 heteroatoms. The zero-order valence-corrected chi connectivity index (χ0v) is 15.3. The topological polar surface area (TPSA) is 91.7 Å². The molecule has 0 bridgehead atoms. The molecule has 0 aliphatic carbocycles. The summed E-state index contributed by atoms with van der Waals surface area (Å²) in [5, 5.41) is 4.18. The highest BCUT2D eigenvalue weighted by molar-refractivity contribution is 7.92. The number of sulfonamides is 1. The summed E-state index contributed by atoms with van der Waals surface area (Å²) in [7, 11) is -3.67. The molecule has 0 unspecified atom stereocenters.